The van der Waals surface area contributed by atoms with Gasteiger partial charge in [-0.1, -0.05) is 32.3 Å². The van der Waals surface area contributed by atoms with Crippen LogP contribution in [0.2, 0.25) is 0 Å². The first-order valence-electron chi connectivity index (χ1n) is 10.3. The van der Waals surface area contributed by atoms with Crippen LogP contribution in [-0.4, -0.2) is 29.8 Å². The molecule has 4 rings (SSSR count). The first-order valence-corrected chi connectivity index (χ1v) is 10.3. The van der Waals surface area contributed by atoms with Crippen molar-refractivity contribution < 1.29 is 14.2 Å². The Morgan fingerprint density at radius 3 is 2.67 bits per heavy atom. The molecule has 0 amide bonds. The monoisotopic (exact) mass is 370 g/mol. The van der Waals surface area contributed by atoms with Crippen molar-refractivity contribution in [1.29, 1.82) is 0 Å². The minimum atomic E-state index is -0.176. The highest BCUT2D eigenvalue weighted by atomic mass is 16.7. The average molecular weight is 370 g/mol. The minimum Gasteiger partial charge on any atom is -0.493 e. The van der Waals surface area contributed by atoms with Crippen molar-refractivity contribution in [2.24, 2.45) is 0 Å². The fourth-order valence-electron chi connectivity index (χ4n) is 4.18. The molecule has 2 aliphatic rings. The summed E-state index contributed by atoms with van der Waals surface area (Å²) in [6.45, 7) is 2.94. The molecule has 5 nitrogen and oxygen atoms in total. The lowest BCUT2D eigenvalue weighted by Gasteiger charge is -2.21. The standard InChI is InChI=1S/C22H30N2O3/c1-3-19-18(15-24(23-19)17-8-5-4-6-9-17)16-11-12-20(25-2)21(14-16)27-22-10-7-13-26-22/h11-12,14-15,17,22H,3-10,13H2,1-2H3. The van der Waals surface area contributed by atoms with Gasteiger partial charge in [0, 0.05) is 18.2 Å². The van der Waals surface area contributed by atoms with Gasteiger partial charge in [-0.3, -0.25) is 4.68 Å². The largest absolute Gasteiger partial charge is 0.493 e. The summed E-state index contributed by atoms with van der Waals surface area (Å²) in [5.41, 5.74) is 3.47. The van der Waals surface area contributed by atoms with Crippen LogP contribution < -0.4 is 9.47 Å². The van der Waals surface area contributed by atoms with Crippen molar-refractivity contribution >= 4 is 0 Å². The number of aryl methyl sites for hydroxylation is 1. The zero-order valence-electron chi connectivity index (χ0n) is 16.4. The number of aromatic nitrogens is 2. The van der Waals surface area contributed by atoms with Gasteiger partial charge in [-0.05, 0) is 43.4 Å². The molecule has 2 aromatic rings. The lowest BCUT2D eigenvalue weighted by molar-refractivity contribution is -0.0402. The maximum absolute atomic E-state index is 6.08. The summed E-state index contributed by atoms with van der Waals surface area (Å²) < 4.78 is 19.4. The van der Waals surface area contributed by atoms with E-state index in [1.807, 2.05) is 6.07 Å². The molecule has 146 valence electrons. The molecule has 1 aromatic carbocycles. The molecule has 27 heavy (non-hydrogen) atoms. The molecular weight excluding hydrogens is 340 g/mol. The van der Waals surface area contributed by atoms with Gasteiger partial charge in [0.25, 0.3) is 0 Å². The SMILES string of the molecule is CCc1nn(C2CCCCC2)cc1-c1ccc(OC)c(OC2CCCO2)c1. The lowest BCUT2D eigenvalue weighted by Crippen LogP contribution is -2.14. The van der Waals surface area contributed by atoms with E-state index < -0.39 is 0 Å². The third-order valence-corrected chi connectivity index (χ3v) is 5.71. The third kappa shape index (κ3) is 3.98. The van der Waals surface area contributed by atoms with Gasteiger partial charge in [0.1, 0.15) is 0 Å². The van der Waals surface area contributed by atoms with Crippen molar-refractivity contribution in [1.82, 2.24) is 9.78 Å². The van der Waals surface area contributed by atoms with E-state index in [0.717, 1.165) is 48.6 Å². The van der Waals surface area contributed by atoms with E-state index in [9.17, 15) is 0 Å². The number of ether oxygens (including phenoxy) is 3. The van der Waals surface area contributed by atoms with Gasteiger partial charge in [0.05, 0.1) is 25.5 Å². The highest BCUT2D eigenvalue weighted by molar-refractivity contribution is 5.69. The number of hydrogen-bond donors (Lipinski definition) is 0. The minimum absolute atomic E-state index is 0.176. The number of rotatable bonds is 6. The highest BCUT2D eigenvalue weighted by Crippen LogP contribution is 2.37. The molecule has 0 bridgehead atoms. The summed E-state index contributed by atoms with van der Waals surface area (Å²) >= 11 is 0. The van der Waals surface area contributed by atoms with Crippen molar-refractivity contribution in [2.45, 2.75) is 70.6 Å². The van der Waals surface area contributed by atoms with E-state index in [4.69, 9.17) is 19.3 Å². The molecule has 2 heterocycles. The molecule has 0 radical (unpaired) electrons. The maximum atomic E-state index is 6.08. The summed E-state index contributed by atoms with van der Waals surface area (Å²) in [5, 5.41) is 4.92. The average Bonchev–Trinajstić information content (AvgIpc) is 3.38. The Balaban J connectivity index is 1.64. The van der Waals surface area contributed by atoms with E-state index in [-0.39, 0.29) is 6.29 Å². The molecule has 2 fully saturated rings. The first kappa shape index (κ1) is 18.4. The van der Waals surface area contributed by atoms with Crippen LogP contribution >= 0.6 is 0 Å². The van der Waals surface area contributed by atoms with Gasteiger partial charge in [-0.2, -0.15) is 5.10 Å². The second kappa shape index (κ2) is 8.34. The van der Waals surface area contributed by atoms with Gasteiger partial charge in [-0.25, -0.2) is 0 Å². The summed E-state index contributed by atoms with van der Waals surface area (Å²) in [4.78, 5) is 0. The second-order valence-electron chi connectivity index (χ2n) is 7.54. The zero-order valence-corrected chi connectivity index (χ0v) is 16.4. The van der Waals surface area contributed by atoms with Crippen LogP contribution in [0.15, 0.2) is 24.4 Å². The fraction of sp³-hybridized carbons (Fsp3) is 0.591. The third-order valence-electron chi connectivity index (χ3n) is 5.71. The van der Waals surface area contributed by atoms with Crippen LogP contribution in [0.1, 0.15) is 63.6 Å². The van der Waals surface area contributed by atoms with Crippen LogP contribution in [0.25, 0.3) is 11.1 Å². The topological polar surface area (TPSA) is 45.5 Å². The van der Waals surface area contributed by atoms with E-state index >= 15 is 0 Å². The van der Waals surface area contributed by atoms with Gasteiger partial charge in [0.2, 0.25) is 0 Å². The molecule has 1 saturated heterocycles. The Hall–Kier alpha value is -2.01. The maximum Gasteiger partial charge on any atom is 0.200 e. The zero-order chi connectivity index (χ0) is 18.6. The fourth-order valence-corrected chi connectivity index (χ4v) is 4.18. The van der Waals surface area contributed by atoms with Gasteiger partial charge in [0.15, 0.2) is 17.8 Å². The normalized spacial score (nSPS) is 20.7. The smallest absolute Gasteiger partial charge is 0.200 e. The van der Waals surface area contributed by atoms with Crippen LogP contribution in [0.4, 0.5) is 0 Å². The van der Waals surface area contributed by atoms with Crippen LogP contribution in [-0.2, 0) is 11.2 Å². The molecule has 1 unspecified atom stereocenters. The summed E-state index contributed by atoms with van der Waals surface area (Å²) in [6, 6.07) is 6.69. The van der Waals surface area contributed by atoms with Crippen molar-refractivity contribution in [2.75, 3.05) is 13.7 Å². The van der Waals surface area contributed by atoms with Crippen molar-refractivity contribution in [3.8, 4) is 22.6 Å². The molecule has 1 saturated carbocycles. The highest BCUT2D eigenvalue weighted by Gasteiger charge is 2.22. The van der Waals surface area contributed by atoms with Gasteiger partial charge >= 0.3 is 0 Å². The quantitative estimate of drug-likeness (QED) is 0.706. The second-order valence-corrected chi connectivity index (χ2v) is 7.54. The van der Waals surface area contributed by atoms with Crippen molar-refractivity contribution in [3.63, 3.8) is 0 Å². The molecule has 1 aromatic heterocycles. The van der Waals surface area contributed by atoms with E-state index in [0.29, 0.717) is 6.04 Å². The number of nitrogens with zero attached hydrogens (tertiary/aromatic N) is 2. The van der Waals surface area contributed by atoms with Gasteiger partial charge in [-0.15, -0.1) is 0 Å². The first-order chi connectivity index (χ1) is 13.3. The molecule has 5 heteroatoms. The predicted molar refractivity (Wildman–Crippen MR) is 105 cm³/mol. The molecule has 0 spiro atoms. The van der Waals surface area contributed by atoms with Crippen LogP contribution in [0.5, 0.6) is 11.5 Å². The van der Waals surface area contributed by atoms with Crippen LogP contribution in [0, 0.1) is 0 Å². The van der Waals surface area contributed by atoms with E-state index in [1.54, 1.807) is 7.11 Å². The summed E-state index contributed by atoms with van der Waals surface area (Å²) in [5.74, 6) is 1.49. The Bertz CT molecular complexity index is 759. The number of benzene rings is 1. The van der Waals surface area contributed by atoms with E-state index in [1.165, 1.54) is 37.7 Å². The molecule has 1 aliphatic heterocycles. The lowest BCUT2D eigenvalue weighted by atomic mass is 9.96. The van der Waals surface area contributed by atoms with Crippen molar-refractivity contribution in [3.05, 3.63) is 30.1 Å². The Kier molecular flexibility index (Phi) is 5.67. The predicted octanol–water partition coefficient (Wildman–Crippen LogP) is 5.14. The number of hydrogen-bond acceptors (Lipinski definition) is 4. The molecule has 1 aliphatic carbocycles. The van der Waals surface area contributed by atoms with Gasteiger partial charge < -0.3 is 14.2 Å². The Morgan fingerprint density at radius 1 is 1.11 bits per heavy atom. The molecule has 1 atom stereocenters. The number of methoxy groups -OCH3 is 1. The Labute approximate surface area is 161 Å². The van der Waals surface area contributed by atoms with E-state index in [2.05, 4.69) is 29.9 Å². The molecular formula is C22H30N2O3. The summed E-state index contributed by atoms with van der Waals surface area (Å²) in [6.07, 6.45) is 11.4. The Morgan fingerprint density at radius 2 is 1.96 bits per heavy atom. The molecule has 0 N–H and O–H groups in total. The summed E-state index contributed by atoms with van der Waals surface area (Å²) in [7, 11) is 1.68. The van der Waals surface area contributed by atoms with Crippen LogP contribution in [0.3, 0.4) is 0 Å².